The van der Waals surface area contributed by atoms with Crippen LogP contribution in [0, 0.1) is 5.41 Å². The molecule has 0 aliphatic heterocycles. The molecule has 0 amide bonds. The van der Waals surface area contributed by atoms with Crippen LogP contribution in [0.2, 0.25) is 0 Å². The Morgan fingerprint density at radius 3 is 2.35 bits per heavy atom. The Bertz CT molecular complexity index is 1000. The molecule has 168 valence electrons. The lowest BCUT2D eigenvalue weighted by Gasteiger charge is -2.29. The zero-order chi connectivity index (χ0) is 22.6. The van der Waals surface area contributed by atoms with Crippen LogP contribution in [0.3, 0.4) is 0 Å². The van der Waals surface area contributed by atoms with E-state index in [2.05, 4.69) is 53.5 Å². The predicted molar refractivity (Wildman–Crippen MR) is 130 cm³/mol. The second kappa shape index (κ2) is 9.68. The van der Waals surface area contributed by atoms with Crippen molar-refractivity contribution in [1.82, 2.24) is 15.0 Å². The number of fused-ring (bicyclic) bond motifs is 1. The maximum atomic E-state index is 9.80. The lowest BCUT2D eigenvalue weighted by atomic mass is 9.87. The summed E-state index contributed by atoms with van der Waals surface area (Å²) >= 11 is 2.99. The van der Waals surface area contributed by atoms with E-state index in [1.807, 2.05) is 32.0 Å². The minimum atomic E-state index is -0.542. The van der Waals surface area contributed by atoms with Gasteiger partial charge in [-0.3, -0.25) is 0 Å². The van der Waals surface area contributed by atoms with Gasteiger partial charge >= 0.3 is 0 Å². The first-order valence-corrected chi connectivity index (χ1v) is 12.0. The van der Waals surface area contributed by atoms with Crippen LogP contribution >= 0.6 is 23.1 Å². The first-order chi connectivity index (χ1) is 14.6. The molecule has 3 aromatic rings. The van der Waals surface area contributed by atoms with E-state index < -0.39 is 5.54 Å². The summed E-state index contributed by atoms with van der Waals surface area (Å²) in [5, 5.41) is 27.5. The topological polar surface area (TPSA) is 103 Å². The van der Waals surface area contributed by atoms with E-state index in [-0.39, 0.29) is 24.7 Å². The largest absolute Gasteiger partial charge is 0.394 e. The van der Waals surface area contributed by atoms with Crippen molar-refractivity contribution in [1.29, 1.82) is 0 Å². The highest BCUT2D eigenvalue weighted by Gasteiger charge is 2.26. The molecule has 31 heavy (non-hydrogen) atoms. The third kappa shape index (κ3) is 6.29. The Kier molecular flexibility index (Phi) is 7.41. The van der Waals surface area contributed by atoms with E-state index in [0.29, 0.717) is 21.8 Å². The van der Waals surface area contributed by atoms with E-state index in [4.69, 9.17) is 4.98 Å². The van der Waals surface area contributed by atoms with Crippen molar-refractivity contribution in [2.75, 3.05) is 23.8 Å². The van der Waals surface area contributed by atoms with Crippen molar-refractivity contribution in [2.45, 2.75) is 57.1 Å². The van der Waals surface area contributed by atoms with E-state index in [0.717, 1.165) is 10.5 Å². The molecule has 9 heteroatoms. The number of aliphatic hydroxyl groups excluding tert-OH is 2. The van der Waals surface area contributed by atoms with Gasteiger partial charge in [0.15, 0.2) is 21.8 Å². The lowest BCUT2D eigenvalue weighted by molar-refractivity contribution is 0.202. The molecule has 7 nitrogen and oxygen atoms in total. The molecule has 0 aliphatic rings. The number of thioether (sulfide) groups is 1. The van der Waals surface area contributed by atoms with Crippen molar-refractivity contribution >= 4 is 44.4 Å². The van der Waals surface area contributed by atoms with Crippen LogP contribution in [0.5, 0.6) is 0 Å². The molecule has 1 atom stereocenters. The van der Waals surface area contributed by atoms with Crippen LogP contribution in [0.4, 0.5) is 10.9 Å². The quantitative estimate of drug-likeness (QED) is 0.275. The molecule has 0 radical (unpaired) electrons. The van der Waals surface area contributed by atoms with Crippen LogP contribution in [-0.4, -0.2) is 50.0 Å². The average Bonchev–Trinajstić information content (AvgIpc) is 3.13. The molecule has 2 heterocycles. The van der Waals surface area contributed by atoms with E-state index in [1.165, 1.54) is 16.9 Å². The summed E-state index contributed by atoms with van der Waals surface area (Å²) in [6, 6.07) is 10.0. The molecule has 1 aromatic carbocycles. The summed E-state index contributed by atoms with van der Waals surface area (Å²) in [6.45, 7) is 10.0. The average molecular weight is 462 g/mol. The Balaban J connectivity index is 1.94. The number of rotatable bonds is 9. The number of aliphatic hydroxyl groups is 2. The Morgan fingerprint density at radius 1 is 1.03 bits per heavy atom. The highest BCUT2D eigenvalue weighted by Crippen LogP contribution is 2.35. The molecule has 3 rings (SSSR count). The maximum absolute atomic E-state index is 9.80. The number of aromatic nitrogens is 3. The van der Waals surface area contributed by atoms with Crippen LogP contribution < -0.4 is 10.6 Å². The molecule has 0 unspecified atom stereocenters. The highest BCUT2D eigenvalue weighted by atomic mass is 32.2. The summed E-state index contributed by atoms with van der Waals surface area (Å²) in [4.78, 5) is 14.1. The normalized spacial score (nSPS) is 13.4. The fourth-order valence-electron chi connectivity index (χ4n) is 2.78. The summed E-state index contributed by atoms with van der Waals surface area (Å²) < 4.78 is 0.818. The van der Waals surface area contributed by atoms with E-state index >= 15 is 0 Å². The molecular formula is C22H31N5O2S2. The lowest BCUT2D eigenvalue weighted by Crippen LogP contribution is -2.37. The predicted octanol–water partition coefficient (Wildman–Crippen LogP) is 4.38. The van der Waals surface area contributed by atoms with Gasteiger partial charge in [0.2, 0.25) is 0 Å². The van der Waals surface area contributed by atoms with Gasteiger partial charge in [-0.15, -0.1) is 0 Å². The van der Waals surface area contributed by atoms with Gasteiger partial charge < -0.3 is 20.8 Å². The molecule has 0 saturated heterocycles. The van der Waals surface area contributed by atoms with Gasteiger partial charge in [0, 0.05) is 5.75 Å². The summed E-state index contributed by atoms with van der Waals surface area (Å²) in [5.74, 6) is 1.41. The Labute approximate surface area is 191 Å². The second-order valence-electron chi connectivity index (χ2n) is 9.21. The third-order valence-corrected chi connectivity index (χ3v) is 6.72. The number of hydrogen-bond donors (Lipinski definition) is 4. The van der Waals surface area contributed by atoms with Crippen LogP contribution in [0.15, 0.2) is 35.5 Å². The van der Waals surface area contributed by atoms with Crippen LogP contribution in [0.25, 0.3) is 10.3 Å². The molecule has 0 bridgehead atoms. The molecular weight excluding hydrogens is 430 g/mol. The van der Waals surface area contributed by atoms with Crippen molar-refractivity contribution in [2.24, 2.45) is 5.41 Å². The fourth-order valence-corrected chi connectivity index (χ4v) is 4.48. The monoisotopic (exact) mass is 461 g/mol. The third-order valence-electron chi connectivity index (χ3n) is 4.82. The number of hydrogen-bond acceptors (Lipinski definition) is 9. The van der Waals surface area contributed by atoms with Crippen LogP contribution in [0.1, 0.15) is 40.2 Å². The molecule has 2 aromatic heterocycles. The summed E-state index contributed by atoms with van der Waals surface area (Å²) in [6.07, 6.45) is 0. The van der Waals surface area contributed by atoms with Gasteiger partial charge in [-0.2, -0.15) is 4.98 Å². The van der Waals surface area contributed by atoms with Crippen molar-refractivity contribution < 1.29 is 10.2 Å². The number of anilines is 2. The second-order valence-corrected chi connectivity index (χ2v) is 11.2. The van der Waals surface area contributed by atoms with Crippen molar-refractivity contribution in [3.63, 3.8) is 0 Å². The number of benzene rings is 1. The summed E-state index contributed by atoms with van der Waals surface area (Å²) in [7, 11) is 0. The SMILES string of the molecule is CC(C)(CO)Nc1nc(SCc2ccccc2)nc2nc(N[C@H](CO)C(C)(C)C)sc12. The minimum absolute atomic E-state index is 0.00588. The highest BCUT2D eigenvalue weighted by molar-refractivity contribution is 7.98. The van der Waals surface area contributed by atoms with Gasteiger partial charge in [-0.25, -0.2) is 9.97 Å². The smallest absolute Gasteiger partial charge is 0.191 e. The van der Waals surface area contributed by atoms with Gasteiger partial charge in [0.25, 0.3) is 0 Å². The maximum Gasteiger partial charge on any atom is 0.191 e. The molecule has 4 N–H and O–H groups in total. The number of nitrogens with one attached hydrogen (secondary N) is 2. The van der Waals surface area contributed by atoms with Crippen LogP contribution in [-0.2, 0) is 5.75 Å². The summed E-state index contributed by atoms with van der Waals surface area (Å²) in [5.41, 5.74) is 1.12. The van der Waals surface area contributed by atoms with Crippen molar-refractivity contribution in [3.05, 3.63) is 35.9 Å². The first kappa shape index (κ1) is 23.7. The molecule has 0 fully saturated rings. The molecule has 0 aliphatic carbocycles. The first-order valence-electron chi connectivity index (χ1n) is 10.2. The molecule has 0 saturated carbocycles. The van der Waals surface area contributed by atoms with E-state index in [1.54, 1.807) is 11.8 Å². The van der Waals surface area contributed by atoms with Gasteiger partial charge in [-0.1, -0.05) is 74.2 Å². The van der Waals surface area contributed by atoms with Gasteiger partial charge in [0.1, 0.15) is 4.70 Å². The van der Waals surface area contributed by atoms with Gasteiger partial charge in [0.05, 0.1) is 24.8 Å². The Hall–Kier alpha value is -1.94. The van der Waals surface area contributed by atoms with E-state index in [9.17, 15) is 10.2 Å². The molecule has 0 spiro atoms. The Morgan fingerprint density at radius 2 is 1.74 bits per heavy atom. The zero-order valence-electron chi connectivity index (χ0n) is 18.6. The zero-order valence-corrected chi connectivity index (χ0v) is 20.3. The number of nitrogens with zero attached hydrogens (tertiary/aromatic N) is 3. The minimum Gasteiger partial charge on any atom is -0.394 e. The fraction of sp³-hybridized carbons (Fsp3) is 0.500. The standard InChI is InChI=1S/C22H31N5O2S2/c1-21(2,3)15(11-28)23-20-25-17-16(31-20)18(27-22(4,5)13-29)26-19(24-17)30-12-14-9-7-6-8-10-14/h6-10,15,28-29H,11-13H2,1-5H3,(H2,23,24,25,26,27)/t15-/m1/s1. The van der Waals surface area contributed by atoms with Gasteiger partial charge in [-0.05, 0) is 24.8 Å². The van der Waals surface area contributed by atoms with Crippen molar-refractivity contribution in [3.8, 4) is 0 Å². The number of thiazole rings is 1.